The number of nitrogens with zero attached hydrogens (tertiary/aromatic N) is 1. The molecule has 2 N–H and O–H groups in total. The van der Waals surface area contributed by atoms with Gasteiger partial charge in [-0.15, -0.1) is 0 Å². The molecule has 1 atom stereocenters. The zero-order chi connectivity index (χ0) is 11.5. The summed E-state index contributed by atoms with van der Waals surface area (Å²) in [7, 11) is 0. The second-order valence-corrected chi connectivity index (χ2v) is 5.99. The maximum Gasteiger partial charge on any atom is 0.0369 e. The fourth-order valence-corrected chi connectivity index (χ4v) is 3.17. The third kappa shape index (κ3) is 2.53. The zero-order valence-corrected chi connectivity index (χ0v) is 10.9. The first-order valence-electron chi connectivity index (χ1n) is 5.87. The van der Waals surface area contributed by atoms with Crippen LogP contribution < -0.4 is 10.6 Å². The standard InChI is InChI=1S/C13H20N2S/c1-10-7-13(4-3-12(10)8-14)15-5-6-16-11(2)9-15/h3-4,7,11H,5-6,8-9,14H2,1-2H3. The minimum absolute atomic E-state index is 0.637. The second-order valence-electron chi connectivity index (χ2n) is 4.44. The van der Waals surface area contributed by atoms with Crippen molar-refractivity contribution >= 4 is 17.4 Å². The van der Waals surface area contributed by atoms with Crippen LogP contribution in [0.1, 0.15) is 18.1 Å². The first kappa shape index (κ1) is 11.8. The molecule has 0 aliphatic carbocycles. The number of aryl methyl sites for hydroxylation is 1. The fourth-order valence-electron chi connectivity index (χ4n) is 2.16. The van der Waals surface area contributed by atoms with Crippen LogP contribution in [0.15, 0.2) is 18.2 Å². The lowest BCUT2D eigenvalue weighted by molar-refractivity contribution is 0.782. The van der Waals surface area contributed by atoms with Crippen molar-refractivity contribution in [1.29, 1.82) is 0 Å². The van der Waals surface area contributed by atoms with E-state index in [0.717, 1.165) is 18.3 Å². The van der Waals surface area contributed by atoms with E-state index in [1.165, 1.54) is 22.6 Å². The highest BCUT2D eigenvalue weighted by atomic mass is 32.2. The van der Waals surface area contributed by atoms with Crippen LogP contribution in [0.4, 0.5) is 5.69 Å². The van der Waals surface area contributed by atoms with Gasteiger partial charge < -0.3 is 10.6 Å². The molecule has 0 spiro atoms. The van der Waals surface area contributed by atoms with E-state index in [1.54, 1.807) is 0 Å². The predicted octanol–water partition coefficient (Wildman–Crippen LogP) is 2.40. The highest BCUT2D eigenvalue weighted by Gasteiger charge is 2.17. The first-order chi connectivity index (χ1) is 7.70. The fraction of sp³-hybridized carbons (Fsp3) is 0.538. The Morgan fingerprint density at radius 1 is 1.50 bits per heavy atom. The van der Waals surface area contributed by atoms with Crippen LogP contribution in [0, 0.1) is 6.92 Å². The van der Waals surface area contributed by atoms with Crippen molar-refractivity contribution in [3.63, 3.8) is 0 Å². The molecule has 88 valence electrons. The van der Waals surface area contributed by atoms with Crippen LogP contribution in [0.3, 0.4) is 0 Å². The third-order valence-electron chi connectivity index (χ3n) is 3.15. The van der Waals surface area contributed by atoms with Crippen LogP contribution in [0.25, 0.3) is 0 Å². The van der Waals surface area contributed by atoms with E-state index >= 15 is 0 Å². The SMILES string of the molecule is Cc1cc(N2CCSC(C)C2)ccc1CN. The number of thioether (sulfide) groups is 1. The molecular formula is C13H20N2S. The van der Waals surface area contributed by atoms with Gasteiger partial charge in [-0.05, 0) is 30.2 Å². The van der Waals surface area contributed by atoms with Crippen LogP contribution in [-0.2, 0) is 6.54 Å². The summed E-state index contributed by atoms with van der Waals surface area (Å²) in [6.07, 6.45) is 0. The Labute approximate surface area is 102 Å². The largest absolute Gasteiger partial charge is 0.370 e. The average Bonchev–Trinajstić information content (AvgIpc) is 2.29. The van der Waals surface area contributed by atoms with Crippen LogP contribution in [-0.4, -0.2) is 24.1 Å². The number of anilines is 1. The van der Waals surface area contributed by atoms with Crippen molar-refractivity contribution in [1.82, 2.24) is 0 Å². The molecule has 2 rings (SSSR count). The molecular weight excluding hydrogens is 216 g/mol. The van der Waals surface area contributed by atoms with Crippen molar-refractivity contribution in [3.8, 4) is 0 Å². The Morgan fingerprint density at radius 3 is 2.94 bits per heavy atom. The highest BCUT2D eigenvalue weighted by Crippen LogP contribution is 2.25. The van der Waals surface area contributed by atoms with Crippen molar-refractivity contribution in [2.24, 2.45) is 5.73 Å². The van der Waals surface area contributed by atoms with Gasteiger partial charge in [-0.1, -0.05) is 13.0 Å². The van der Waals surface area contributed by atoms with Gasteiger partial charge in [-0.3, -0.25) is 0 Å². The van der Waals surface area contributed by atoms with Gasteiger partial charge in [0.05, 0.1) is 0 Å². The topological polar surface area (TPSA) is 29.3 Å². The molecule has 1 aromatic rings. The summed E-state index contributed by atoms with van der Waals surface area (Å²) in [5, 5.41) is 0.739. The lowest BCUT2D eigenvalue weighted by atomic mass is 10.1. The minimum Gasteiger partial charge on any atom is -0.370 e. The molecule has 0 amide bonds. The third-order valence-corrected chi connectivity index (χ3v) is 4.29. The molecule has 1 saturated heterocycles. The predicted molar refractivity (Wildman–Crippen MR) is 73.2 cm³/mol. The molecule has 0 aromatic heterocycles. The summed E-state index contributed by atoms with van der Waals surface area (Å²) >= 11 is 2.07. The quantitative estimate of drug-likeness (QED) is 0.855. The molecule has 3 heteroatoms. The van der Waals surface area contributed by atoms with Crippen molar-refractivity contribution in [2.75, 3.05) is 23.7 Å². The Morgan fingerprint density at radius 2 is 2.31 bits per heavy atom. The zero-order valence-electron chi connectivity index (χ0n) is 10.1. The van der Waals surface area contributed by atoms with E-state index in [1.807, 2.05) is 0 Å². The van der Waals surface area contributed by atoms with E-state index in [0.29, 0.717) is 6.54 Å². The van der Waals surface area contributed by atoms with Crippen LogP contribution in [0.2, 0.25) is 0 Å². The first-order valence-corrected chi connectivity index (χ1v) is 6.91. The lowest BCUT2D eigenvalue weighted by Crippen LogP contribution is -2.36. The average molecular weight is 236 g/mol. The normalized spacial score (nSPS) is 21.2. The number of rotatable bonds is 2. The summed E-state index contributed by atoms with van der Waals surface area (Å²) in [5.74, 6) is 1.23. The van der Waals surface area contributed by atoms with Gasteiger partial charge in [0.2, 0.25) is 0 Å². The molecule has 1 aliphatic rings. The van der Waals surface area contributed by atoms with Crippen LogP contribution >= 0.6 is 11.8 Å². The van der Waals surface area contributed by atoms with Gasteiger partial charge in [-0.25, -0.2) is 0 Å². The maximum absolute atomic E-state index is 5.68. The van der Waals surface area contributed by atoms with E-state index in [2.05, 4.69) is 48.7 Å². The molecule has 1 aromatic carbocycles. The molecule has 2 nitrogen and oxygen atoms in total. The lowest BCUT2D eigenvalue weighted by Gasteiger charge is -2.32. The van der Waals surface area contributed by atoms with Gasteiger partial charge in [0.1, 0.15) is 0 Å². The van der Waals surface area contributed by atoms with Gasteiger partial charge in [0.25, 0.3) is 0 Å². The van der Waals surface area contributed by atoms with E-state index < -0.39 is 0 Å². The van der Waals surface area contributed by atoms with Crippen LogP contribution in [0.5, 0.6) is 0 Å². The Kier molecular flexibility index (Phi) is 3.77. The molecule has 16 heavy (non-hydrogen) atoms. The van der Waals surface area contributed by atoms with Gasteiger partial charge >= 0.3 is 0 Å². The van der Waals surface area contributed by atoms with Gasteiger partial charge in [-0.2, -0.15) is 11.8 Å². The Balaban J connectivity index is 2.17. The Hall–Kier alpha value is -0.670. The number of benzene rings is 1. The molecule has 0 bridgehead atoms. The van der Waals surface area contributed by atoms with Crippen molar-refractivity contribution < 1.29 is 0 Å². The van der Waals surface area contributed by atoms with E-state index in [9.17, 15) is 0 Å². The van der Waals surface area contributed by atoms with Gasteiger partial charge in [0.15, 0.2) is 0 Å². The molecule has 1 aliphatic heterocycles. The summed E-state index contributed by atoms with van der Waals surface area (Å²) < 4.78 is 0. The van der Waals surface area contributed by atoms with Gasteiger partial charge in [0, 0.05) is 36.3 Å². The maximum atomic E-state index is 5.68. The second kappa shape index (κ2) is 5.11. The highest BCUT2D eigenvalue weighted by molar-refractivity contribution is 8.00. The molecule has 0 saturated carbocycles. The van der Waals surface area contributed by atoms with E-state index in [-0.39, 0.29) is 0 Å². The van der Waals surface area contributed by atoms with Crippen molar-refractivity contribution in [3.05, 3.63) is 29.3 Å². The summed E-state index contributed by atoms with van der Waals surface area (Å²) in [6.45, 7) is 7.41. The molecule has 1 fully saturated rings. The summed E-state index contributed by atoms with van der Waals surface area (Å²) in [4.78, 5) is 2.48. The summed E-state index contributed by atoms with van der Waals surface area (Å²) in [5.41, 5.74) is 9.60. The Bertz CT molecular complexity index is 365. The smallest absolute Gasteiger partial charge is 0.0369 e. The number of nitrogens with two attached hydrogens (primary N) is 1. The molecule has 1 unspecified atom stereocenters. The summed E-state index contributed by atoms with van der Waals surface area (Å²) in [6, 6.07) is 6.64. The van der Waals surface area contributed by atoms with E-state index in [4.69, 9.17) is 5.73 Å². The number of hydrogen-bond acceptors (Lipinski definition) is 3. The van der Waals surface area contributed by atoms with Crippen molar-refractivity contribution in [2.45, 2.75) is 25.6 Å². The molecule has 1 heterocycles. The monoisotopic (exact) mass is 236 g/mol. The minimum atomic E-state index is 0.637. The molecule has 0 radical (unpaired) electrons. The number of hydrogen-bond donors (Lipinski definition) is 1.